The Labute approximate surface area is 192 Å². The number of carbonyl (C=O) groups is 6. The Morgan fingerprint density at radius 2 is 1.53 bits per heavy atom. The van der Waals surface area contributed by atoms with Gasteiger partial charge in [-0.1, -0.05) is 11.8 Å². The van der Waals surface area contributed by atoms with Crippen LogP contribution < -0.4 is 11.1 Å². The molecule has 2 atom stereocenters. The summed E-state index contributed by atoms with van der Waals surface area (Å²) in [5.41, 5.74) is 5.74. The summed E-state index contributed by atoms with van der Waals surface area (Å²) in [6.45, 7) is 8.49. The van der Waals surface area contributed by atoms with Crippen LogP contribution in [0.15, 0.2) is 0 Å². The van der Waals surface area contributed by atoms with Crippen LogP contribution in [0.25, 0.3) is 0 Å². The lowest BCUT2D eigenvalue weighted by atomic mass is 10.1. The zero-order valence-corrected chi connectivity index (χ0v) is 20.2. The molecule has 0 aromatic carbocycles. The van der Waals surface area contributed by atoms with Gasteiger partial charge in [-0.2, -0.15) is 0 Å². The SMILES string of the molecule is CC(=O)SCC(C(=O)NCC(=O)OC(C)C)N(C(C)=O)C(=O)CCC(N)C(=O)OC(C)C. The summed E-state index contributed by atoms with van der Waals surface area (Å²) in [6.07, 6.45) is -1.18. The minimum atomic E-state index is -1.35. The second-order valence-electron chi connectivity index (χ2n) is 7.49. The van der Waals surface area contributed by atoms with Gasteiger partial charge in [0, 0.05) is 26.0 Å². The molecule has 0 rings (SSSR count). The number of carbonyl (C=O) groups excluding carboxylic acids is 6. The van der Waals surface area contributed by atoms with Crippen molar-refractivity contribution in [2.75, 3.05) is 12.3 Å². The molecule has 0 aliphatic carbocycles. The van der Waals surface area contributed by atoms with Crippen molar-refractivity contribution in [3.63, 3.8) is 0 Å². The molecule has 0 heterocycles. The summed E-state index contributed by atoms with van der Waals surface area (Å²) in [7, 11) is 0. The Morgan fingerprint density at radius 1 is 0.969 bits per heavy atom. The van der Waals surface area contributed by atoms with E-state index in [0.717, 1.165) is 18.7 Å². The van der Waals surface area contributed by atoms with E-state index in [1.807, 2.05) is 0 Å². The van der Waals surface area contributed by atoms with Gasteiger partial charge in [0.05, 0.1) is 12.2 Å². The fraction of sp³-hybridized carbons (Fsp3) is 0.700. The molecule has 2 unspecified atom stereocenters. The summed E-state index contributed by atoms with van der Waals surface area (Å²) in [5.74, 6) is -3.87. The first-order valence-electron chi connectivity index (χ1n) is 10.1. The fourth-order valence-electron chi connectivity index (χ4n) is 2.45. The Hall–Kier alpha value is -2.47. The molecule has 0 aliphatic heterocycles. The molecule has 182 valence electrons. The number of nitrogens with two attached hydrogens (primary N) is 1. The van der Waals surface area contributed by atoms with Crippen LogP contribution in [0.3, 0.4) is 0 Å². The quantitative estimate of drug-likeness (QED) is 0.371. The van der Waals surface area contributed by atoms with E-state index in [-0.39, 0.29) is 35.9 Å². The van der Waals surface area contributed by atoms with Gasteiger partial charge in [0.15, 0.2) is 5.12 Å². The van der Waals surface area contributed by atoms with E-state index in [0.29, 0.717) is 4.90 Å². The monoisotopic (exact) mass is 475 g/mol. The van der Waals surface area contributed by atoms with Crippen molar-refractivity contribution >= 4 is 46.5 Å². The Kier molecular flexibility index (Phi) is 13.4. The van der Waals surface area contributed by atoms with E-state index >= 15 is 0 Å². The normalized spacial score (nSPS) is 12.7. The van der Waals surface area contributed by atoms with Gasteiger partial charge in [-0.25, -0.2) is 0 Å². The number of thioether (sulfide) groups is 1. The number of amides is 3. The zero-order chi connectivity index (χ0) is 25.0. The average Bonchev–Trinajstić information content (AvgIpc) is 2.65. The lowest BCUT2D eigenvalue weighted by Gasteiger charge is -2.28. The largest absolute Gasteiger partial charge is 0.462 e. The third kappa shape index (κ3) is 11.8. The molecule has 0 radical (unpaired) electrons. The third-order valence-electron chi connectivity index (χ3n) is 3.76. The third-order valence-corrected chi connectivity index (χ3v) is 4.65. The fourth-order valence-corrected chi connectivity index (χ4v) is 3.14. The summed E-state index contributed by atoms with van der Waals surface area (Å²) in [6, 6.07) is -2.43. The number of hydrogen-bond donors (Lipinski definition) is 2. The lowest BCUT2D eigenvalue weighted by molar-refractivity contribution is -0.151. The molecule has 12 heteroatoms. The van der Waals surface area contributed by atoms with Crippen LogP contribution in [0.1, 0.15) is 54.4 Å². The maximum atomic E-state index is 12.7. The van der Waals surface area contributed by atoms with Crippen LogP contribution in [0.4, 0.5) is 0 Å². The molecule has 0 saturated heterocycles. The minimum Gasteiger partial charge on any atom is -0.462 e. The van der Waals surface area contributed by atoms with Gasteiger partial charge >= 0.3 is 11.9 Å². The molecule has 11 nitrogen and oxygen atoms in total. The number of ether oxygens (including phenoxy) is 2. The number of nitrogens with zero attached hydrogens (tertiary/aromatic N) is 1. The van der Waals surface area contributed by atoms with Gasteiger partial charge in [-0.15, -0.1) is 0 Å². The highest BCUT2D eigenvalue weighted by atomic mass is 32.2. The molecular formula is C20H33N3O8S. The highest BCUT2D eigenvalue weighted by Crippen LogP contribution is 2.14. The second-order valence-corrected chi connectivity index (χ2v) is 8.69. The number of rotatable bonds is 12. The Morgan fingerprint density at radius 3 is 2.00 bits per heavy atom. The van der Waals surface area contributed by atoms with Crippen LogP contribution in [0, 0.1) is 0 Å². The predicted octanol–water partition coefficient (Wildman–Crippen LogP) is 0.137. The van der Waals surface area contributed by atoms with Crippen molar-refractivity contribution in [1.29, 1.82) is 0 Å². The van der Waals surface area contributed by atoms with E-state index in [1.165, 1.54) is 6.92 Å². The van der Waals surface area contributed by atoms with Crippen molar-refractivity contribution in [2.45, 2.75) is 78.7 Å². The Bertz CT molecular complexity index is 711. The van der Waals surface area contributed by atoms with Crippen molar-refractivity contribution in [3.05, 3.63) is 0 Å². The van der Waals surface area contributed by atoms with Crippen molar-refractivity contribution in [3.8, 4) is 0 Å². The molecule has 0 bridgehead atoms. The van der Waals surface area contributed by atoms with Crippen LogP contribution in [-0.4, -0.2) is 76.3 Å². The first-order chi connectivity index (χ1) is 14.8. The van der Waals surface area contributed by atoms with Gasteiger partial charge < -0.3 is 20.5 Å². The topological polar surface area (TPSA) is 162 Å². The molecule has 0 fully saturated rings. The second kappa shape index (κ2) is 14.6. The van der Waals surface area contributed by atoms with Crippen molar-refractivity contribution in [2.24, 2.45) is 5.73 Å². The summed E-state index contributed by atoms with van der Waals surface area (Å²) in [5, 5.41) is 2.00. The van der Waals surface area contributed by atoms with Crippen molar-refractivity contribution in [1.82, 2.24) is 10.2 Å². The highest BCUT2D eigenvalue weighted by molar-refractivity contribution is 8.13. The first kappa shape index (κ1) is 29.5. The van der Waals surface area contributed by atoms with Gasteiger partial charge in [0.25, 0.3) is 0 Å². The number of nitrogens with one attached hydrogen (secondary N) is 1. The standard InChI is InChI=1S/C20H33N3O8S/c1-11(2)30-18(27)9-22-19(28)16(10-32-14(6)25)23(13(5)24)17(26)8-7-15(21)20(29)31-12(3)4/h11-12,15-16H,7-10,21H2,1-6H3,(H,22,28). The maximum Gasteiger partial charge on any atom is 0.325 e. The molecule has 0 aromatic heterocycles. The van der Waals surface area contributed by atoms with Crippen LogP contribution in [0.2, 0.25) is 0 Å². The molecule has 0 aromatic rings. The van der Waals surface area contributed by atoms with Gasteiger partial charge in [-0.05, 0) is 34.1 Å². The molecule has 3 amide bonds. The molecule has 3 N–H and O–H groups in total. The van der Waals surface area contributed by atoms with Crippen molar-refractivity contribution < 1.29 is 38.2 Å². The van der Waals surface area contributed by atoms with Gasteiger partial charge in [0.2, 0.25) is 17.7 Å². The van der Waals surface area contributed by atoms with E-state index in [4.69, 9.17) is 15.2 Å². The summed E-state index contributed by atoms with van der Waals surface area (Å²) < 4.78 is 9.91. The lowest BCUT2D eigenvalue weighted by Crippen LogP contribution is -2.54. The molecule has 0 saturated carbocycles. The van der Waals surface area contributed by atoms with Gasteiger partial charge in [-0.3, -0.25) is 33.7 Å². The average molecular weight is 476 g/mol. The smallest absolute Gasteiger partial charge is 0.325 e. The zero-order valence-electron chi connectivity index (χ0n) is 19.3. The minimum absolute atomic E-state index is 0.108. The highest BCUT2D eigenvalue weighted by Gasteiger charge is 2.34. The molecule has 32 heavy (non-hydrogen) atoms. The summed E-state index contributed by atoms with van der Waals surface area (Å²) >= 11 is 0.751. The molecule has 0 spiro atoms. The van der Waals surface area contributed by atoms with Crippen LogP contribution in [0.5, 0.6) is 0 Å². The van der Waals surface area contributed by atoms with E-state index < -0.39 is 48.3 Å². The summed E-state index contributed by atoms with van der Waals surface area (Å²) in [4.78, 5) is 73.2. The van der Waals surface area contributed by atoms with E-state index in [9.17, 15) is 28.8 Å². The molecular weight excluding hydrogens is 442 g/mol. The number of imide groups is 1. The number of hydrogen-bond acceptors (Lipinski definition) is 10. The van der Waals surface area contributed by atoms with Gasteiger partial charge in [0.1, 0.15) is 18.6 Å². The van der Waals surface area contributed by atoms with E-state index in [2.05, 4.69) is 5.32 Å². The first-order valence-corrected chi connectivity index (χ1v) is 11.1. The Balaban J connectivity index is 5.35. The van der Waals surface area contributed by atoms with E-state index in [1.54, 1.807) is 27.7 Å². The maximum absolute atomic E-state index is 12.7. The predicted molar refractivity (Wildman–Crippen MR) is 117 cm³/mol. The molecule has 0 aliphatic rings. The van der Waals surface area contributed by atoms with Crippen LogP contribution in [-0.2, 0) is 38.2 Å². The van der Waals surface area contributed by atoms with Crippen LogP contribution >= 0.6 is 11.8 Å². The number of esters is 2.